The zero-order valence-electron chi connectivity index (χ0n) is 14.0. The summed E-state index contributed by atoms with van der Waals surface area (Å²) in [6.45, 7) is 5.65. The van der Waals surface area contributed by atoms with Crippen LogP contribution in [-0.4, -0.2) is 44.2 Å². The molecule has 5 nitrogen and oxygen atoms in total. The van der Waals surface area contributed by atoms with E-state index < -0.39 is 0 Å². The average Bonchev–Trinajstić information content (AvgIpc) is 3.37. The molecule has 1 aliphatic carbocycles. The summed E-state index contributed by atoms with van der Waals surface area (Å²) in [5.74, 6) is 1.66. The van der Waals surface area contributed by atoms with E-state index in [1.165, 1.54) is 31.7 Å². The summed E-state index contributed by atoms with van der Waals surface area (Å²) in [5, 5.41) is 3.42. The van der Waals surface area contributed by atoms with Gasteiger partial charge >= 0.3 is 5.97 Å². The maximum Gasteiger partial charge on any atom is 0.308 e. The molecule has 2 fully saturated rings. The fourth-order valence-electron chi connectivity index (χ4n) is 3.29. The van der Waals surface area contributed by atoms with Gasteiger partial charge in [-0.3, -0.25) is 9.69 Å². The standard InChI is InChI=1S/C18H26N2O3/c1-13(21)23-17-6-5-15(12-18(17)22-2)16(11-14-3-4-14)20-9-7-19-8-10-20/h5-6,12,14,16,19H,3-4,7-11H2,1-2H3/t16-/m0/s1. The summed E-state index contributed by atoms with van der Waals surface area (Å²) in [4.78, 5) is 13.8. The predicted octanol–water partition coefficient (Wildman–Crippen LogP) is 2.37. The van der Waals surface area contributed by atoms with Gasteiger partial charge in [-0.15, -0.1) is 0 Å². The van der Waals surface area contributed by atoms with Crippen molar-refractivity contribution in [1.82, 2.24) is 10.2 Å². The lowest BCUT2D eigenvalue weighted by Crippen LogP contribution is -2.45. The van der Waals surface area contributed by atoms with Crippen LogP contribution in [0.1, 0.15) is 37.8 Å². The van der Waals surface area contributed by atoms with E-state index in [4.69, 9.17) is 9.47 Å². The molecule has 0 spiro atoms. The lowest BCUT2D eigenvalue weighted by atomic mass is 9.98. The molecule has 1 atom stereocenters. The van der Waals surface area contributed by atoms with E-state index >= 15 is 0 Å². The first-order chi connectivity index (χ1) is 11.2. The highest BCUT2D eigenvalue weighted by atomic mass is 16.6. The van der Waals surface area contributed by atoms with Gasteiger partial charge in [0.2, 0.25) is 0 Å². The third-order valence-corrected chi connectivity index (χ3v) is 4.67. The van der Waals surface area contributed by atoms with Crippen LogP contribution in [0.15, 0.2) is 18.2 Å². The Hall–Kier alpha value is -1.59. The second kappa shape index (κ2) is 7.32. The summed E-state index contributed by atoms with van der Waals surface area (Å²) >= 11 is 0. The number of nitrogens with one attached hydrogen (secondary N) is 1. The summed E-state index contributed by atoms with van der Waals surface area (Å²) in [5.41, 5.74) is 1.26. The summed E-state index contributed by atoms with van der Waals surface area (Å²) < 4.78 is 10.7. The Morgan fingerprint density at radius 3 is 2.65 bits per heavy atom. The second-order valence-corrected chi connectivity index (χ2v) is 6.48. The Labute approximate surface area is 137 Å². The minimum Gasteiger partial charge on any atom is -0.493 e. The molecule has 0 unspecified atom stereocenters. The molecule has 1 aliphatic heterocycles. The lowest BCUT2D eigenvalue weighted by molar-refractivity contribution is -0.132. The third-order valence-electron chi connectivity index (χ3n) is 4.67. The highest BCUT2D eigenvalue weighted by Crippen LogP contribution is 2.41. The van der Waals surface area contributed by atoms with Gasteiger partial charge < -0.3 is 14.8 Å². The topological polar surface area (TPSA) is 50.8 Å². The lowest BCUT2D eigenvalue weighted by Gasteiger charge is -2.35. The SMILES string of the molecule is COc1cc([C@H](CC2CC2)N2CCNCC2)ccc1OC(C)=O. The summed E-state index contributed by atoms with van der Waals surface area (Å²) in [7, 11) is 1.62. The normalized spacial score (nSPS) is 20.1. The van der Waals surface area contributed by atoms with Crippen LogP contribution in [0, 0.1) is 5.92 Å². The van der Waals surface area contributed by atoms with Crippen LogP contribution in [0.5, 0.6) is 11.5 Å². The van der Waals surface area contributed by atoms with Crippen LogP contribution < -0.4 is 14.8 Å². The molecule has 2 aliphatic rings. The molecule has 5 heteroatoms. The van der Waals surface area contributed by atoms with Gasteiger partial charge in [0.1, 0.15) is 0 Å². The van der Waals surface area contributed by atoms with Crippen molar-refractivity contribution in [1.29, 1.82) is 0 Å². The zero-order valence-corrected chi connectivity index (χ0v) is 14.0. The molecule has 1 heterocycles. The summed E-state index contributed by atoms with van der Waals surface area (Å²) in [6.07, 6.45) is 3.91. The monoisotopic (exact) mass is 318 g/mol. The minimum atomic E-state index is -0.326. The van der Waals surface area contributed by atoms with Crippen LogP contribution >= 0.6 is 0 Å². The van der Waals surface area contributed by atoms with Gasteiger partial charge in [0.25, 0.3) is 0 Å². The van der Waals surface area contributed by atoms with Crippen LogP contribution in [0.2, 0.25) is 0 Å². The molecule has 0 radical (unpaired) electrons. The van der Waals surface area contributed by atoms with Gasteiger partial charge in [0.05, 0.1) is 7.11 Å². The fourth-order valence-corrected chi connectivity index (χ4v) is 3.29. The molecule has 0 aromatic heterocycles. The quantitative estimate of drug-likeness (QED) is 0.644. The number of methoxy groups -OCH3 is 1. The molecule has 1 aromatic carbocycles. The van der Waals surface area contributed by atoms with Crippen molar-refractivity contribution in [2.75, 3.05) is 33.3 Å². The molecule has 0 bridgehead atoms. The molecule has 23 heavy (non-hydrogen) atoms. The number of carbonyl (C=O) groups excluding carboxylic acids is 1. The zero-order chi connectivity index (χ0) is 16.2. The Morgan fingerprint density at radius 1 is 1.30 bits per heavy atom. The van der Waals surface area contributed by atoms with Crippen molar-refractivity contribution in [3.8, 4) is 11.5 Å². The number of piperazine rings is 1. The van der Waals surface area contributed by atoms with Crippen molar-refractivity contribution in [2.24, 2.45) is 5.92 Å². The van der Waals surface area contributed by atoms with Gasteiger partial charge in [-0.2, -0.15) is 0 Å². The molecule has 1 saturated heterocycles. The minimum absolute atomic E-state index is 0.326. The van der Waals surface area contributed by atoms with Crippen molar-refractivity contribution < 1.29 is 14.3 Å². The Balaban J connectivity index is 1.83. The molecule has 126 valence electrons. The van der Waals surface area contributed by atoms with Crippen molar-refractivity contribution in [3.05, 3.63) is 23.8 Å². The van der Waals surface area contributed by atoms with Gasteiger partial charge in [-0.25, -0.2) is 0 Å². The number of carbonyl (C=O) groups is 1. The fraction of sp³-hybridized carbons (Fsp3) is 0.611. The van der Waals surface area contributed by atoms with Crippen molar-refractivity contribution in [2.45, 2.75) is 32.2 Å². The van der Waals surface area contributed by atoms with Gasteiger partial charge in [-0.05, 0) is 30.0 Å². The van der Waals surface area contributed by atoms with E-state index in [0.29, 0.717) is 17.5 Å². The Kier molecular flexibility index (Phi) is 5.18. The average molecular weight is 318 g/mol. The van der Waals surface area contributed by atoms with E-state index in [0.717, 1.165) is 32.1 Å². The number of ether oxygens (including phenoxy) is 2. The second-order valence-electron chi connectivity index (χ2n) is 6.48. The summed E-state index contributed by atoms with van der Waals surface area (Å²) in [6, 6.07) is 6.39. The van der Waals surface area contributed by atoms with Crippen LogP contribution in [0.25, 0.3) is 0 Å². The largest absolute Gasteiger partial charge is 0.493 e. The first-order valence-corrected chi connectivity index (χ1v) is 8.48. The predicted molar refractivity (Wildman–Crippen MR) is 88.8 cm³/mol. The van der Waals surface area contributed by atoms with Gasteiger partial charge in [0.15, 0.2) is 11.5 Å². The van der Waals surface area contributed by atoms with E-state index in [2.05, 4.69) is 16.3 Å². The molecular weight excluding hydrogens is 292 g/mol. The van der Waals surface area contributed by atoms with Gasteiger partial charge in [-0.1, -0.05) is 18.9 Å². The third kappa shape index (κ3) is 4.24. The van der Waals surface area contributed by atoms with Gasteiger partial charge in [0, 0.05) is 39.1 Å². The molecule has 0 amide bonds. The maximum absolute atomic E-state index is 11.2. The number of esters is 1. The highest BCUT2D eigenvalue weighted by Gasteiger charge is 2.31. The molecular formula is C18H26N2O3. The van der Waals surface area contributed by atoms with Crippen LogP contribution in [-0.2, 0) is 4.79 Å². The Bertz CT molecular complexity index is 551. The molecule has 1 N–H and O–H groups in total. The van der Waals surface area contributed by atoms with E-state index in [1.54, 1.807) is 7.11 Å². The molecule has 1 aromatic rings. The van der Waals surface area contributed by atoms with Crippen LogP contribution in [0.4, 0.5) is 0 Å². The number of hydrogen-bond donors (Lipinski definition) is 1. The maximum atomic E-state index is 11.2. The van der Waals surface area contributed by atoms with E-state index in [-0.39, 0.29) is 5.97 Å². The van der Waals surface area contributed by atoms with Crippen molar-refractivity contribution in [3.63, 3.8) is 0 Å². The number of nitrogens with zero attached hydrogens (tertiary/aromatic N) is 1. The smallest absolute Gasteiger partial charge is 0.308 e. The first-order valence-electron chi connectivity index (χ1n) is 8.48. The first kappa shape index (κ1) is 16.3. The molecule has 3 rings (SSSR count). The van der Waals surface area contributed by atoms with Crippen molar-refractivity contribution >= 4 is 5.97 Å². The van der Waals surface area contributed by atoms with E-state index in [9.17, 15) is 4.79 Å². The molecule has 1 saturated carbocycles. The van der Waals surface area contributed by atoms with Crippen LogP contribution in [0.3, 0.4) is 0 Å². The Morgan fingerprint density at radius 2 is 2.04 bits per heavy atom. The highest BCUT2D eigenvalue weighted by molar-refractivity contribution is 5.70. The number of hydrogen-bond acceptors (Lipinski definition) is 5. The number of benzene rings is 1. The number of rotatable bonds is 6. The van der Waals surface area contributed by atoms with E-state index in [1.807, 2.05) is 12.1 Å².